The number of hydrogen-bond donors (Lipinski definition) is 2. The van der Waals surface area contributed by atoms with E-state index < -0.39 is 18.2 Å². The molecule has 0 aromatic carbocycles. The zero-order valence-electron chi connectivity index (χ0n) is 20.5. The molecule has 1 aliphatic rings. The maximum atomic E-state index is 13.4. The molecule has 0 bridgehead atoms. The van der Waals surface area contributed by atoms with Gasteiger partial charge in [-0.1, -0.05) is 24.8 Å². The highest BCUT2D eigenvalue weighted by Gasteiger charge is 2.34. The Balaban J connectivity index is 1.89. The number of carbonyl (C=O) groups is 2. The molecule has 0 fully saturated rings. The first-order valence-corrected chi connectivity index (χ1v) is 11.6. The molecule has 0 spiro atoms. The average Bonchev–Trinajstić information content (AvgIpc) is 2.84. The minimum Gasteiger partial charge on any atom is -0.472 e. The van der Waals surface area contributed by atoms with E-state index >= 15 is 0 Å². The average molecular weight is 481 g/mol. The molecule has 2 amide bonds. The van der Waals surface area contributed by atoms with Crippen molar-refractivity contribution in [3.63, 3.8) is 0 Å². The van der Waals surface area contributed by atoms with Crippen molar-refractivity contribution in [2.75, 3.05) is 26.7 Å². The van der Waals surface area contributed by atoms with E-state index in [-0.39, 0.29) is 48.7 Å². The number of amides is 2. The van der Waals surface area contributed by atoms with Crippen molar-refractivity contribution in [2.24, 2.45) is 5.92 Å². The van der Waals surface area contributed by atoms with Crippen LogP contribution >= 0.6 is 0 Å². The van der Waals surface area contributed by atoms with Crippen LogP contribution in [0.3, 0.4) is 0 Å². The van der Waals surface area contributed by atoms with E-state index in [9.17, 15) is 19.8 Å². The van der Waals surface area contributed by atoms with Crippen LogP contribution in [0.1, 0.15) is 42.4 Å². The lowest BCUT2D eigenvalue weighted by atomic mass is 9.99. The van der Waals surface area contributed by atoms with Crippen LogP contribution in [0, 0.1) is 17.8 Å². The van der Waals surface area contributed by atoms with Crippen molar-refractivity contribution < 1.29 is 24.5 Å². The molecule has 9 nitrogen and oxygen atoms in total. The zero-order valence-corrected chi connectivity index (χ0v) is 20.5. The second-order valence-electron chi connectivity index (χ2n) is 8.92. The number of rotatable bonds is 6. The fourth-order valence-corrected chi connectivity index (χ4v) is 3.74. The summed E-state index contributed by atoms with van der Waals surface area (Å²) in [4.78, 5) is 38.0. The Morgan fingerprint density at radius 1 is 1.34 bits per heavy atom. The number of pyridine rings is 2. The molecule has 186 valence electrons. The minimum atomic E-state index is -0.820. The predicted octanol–water partition coefficient (Wildman–Crippen LogP) is 1.13. The van der Waals surface area contributed by atoms with Crippen LogP contribution in [-0.4, -0.2) is 86.8 Å². The molecule has 9 heteroatoms. The van der Waals surface area contributed by atoms with Crippen LogP contribution in [0.25, 0.3) is 0 Å². The summed E-state index contributed by atoms with van der Waals surface area (Å²) in [6, 6.07) is 6.60. The van der Waals surface area contributed by atoms with E-state index in [2.05, 4.69) is 21.8 Å². The number of aliphatic hydroxyl groups excluding tert-OH is 2. The summed E-state index contributed by atoms with van der Waals surface area (Å²) in [5, 5.41) is 19.2. The molecule has 2 aromatic rings. The summed E-state index contributed by atoms with van der Waals surface area (Å²) >= 11 is 0. The van der Waals surface area contributed by atoms with E-state index in [1.165, 1.54) is 6.20 Å². The number of aliphatic hydroxyl groups is 2. The second-order valence-corrected chi connectivity index (χ2v) is 8.92. The maximum Gasteiger partial charge on any atom is 0.259 e. The summed E-state index contributed by atoms with van der Waals surface area (Å²) < 4.78 is 6.20. The smallest absolute Gasteiger partial charge is 0.259 e. The van der Waals surface area contributed by atoms with Crippen molar-refractivity contribution in [1.29, 1.82) is 0 Å². The molecule has 4 atom stereocenters. The molecule has 0 unspecified atom stereocenters. The zero-order chi connectivity index (χ0) is 25.5. The summed E-state index contributed by atoms with van der Waals surface area (Å²) in [5.41, 5.74) is 1.37. The van der Waals surface area contributed by atoms with Crippen LogP contribution < -0.4 is 4.74 Å². The molecule has 3 heterocycles. The van der Waals surface area contributed by atoms with Gasteiger partial charge in [0.2, 0.25) is 11.8 Å². The number of fused-ring (bicyclic) bond motifs is 1. The molecule has 0 saturated heterocycles. The first-order chi connectivity index (χ1) is 16.7. The highest BCUT2D eigenvalue weighted by molar-refractivity contribution is 5.97. The quantitative estimate of drug-likeness (QED) is 0.596. The van der Waals surface area contributed by atoms with Crippen molar-refractivity contribution >= 4 is 11.8 Å². The van der Waals surface area contributed by atoms with E-state index in [1.54, 1.807) is 55.1 Å². The van der Waals surface area contributed by atoms with E-state index in [0.29, 0.717) is 17.8 Å². The van der Waals surface area contributed by atoms with Gasteiger partial charge in [-0.15, -0.1) is 0 Å². The van der Waals surface area contributed by atoms with Crippen molar-refractivity contribution in [3.05, 3.63) is 53.5 Å². The van der Waals surface area contributed by atoms with Crippen LogP contribution in [0.2, 0.25) is 0 Å². The molecule has 35 heavy (non-hydrogen) atoms. The van der Waals surface area contributed by atoms with Crippen LogP contribution in [0.15, 0.2) is 36.7 Å². The molecule has 0 aliphatic carbocycles. The number of nitrogens with zero attached hydrogens (tertiary/aromatic N) is 4. The van der Waals surface area contributed by atoms with Gasteiger partial charge in [-0.25, -0.2) is 4.98 Å². The Kier molecular flexibility index (Phi) is 8.79. The third-order valence-electron chi connectivity index (χ3n) is 5.88. The fourth-order valence-electron chi connectivity index (χ4n) is 3.74. The summed E-state index contributed by atoms with van der Waals surface area (Å²) in [6.07, 6.45) is 2.04. The summed E-state index contributed by atoms with van der Waals surface area (Å²) in [7, 11) is 1.71. The highest BCUT2D eigenvalue weighted by atomic mass is 16.5. The standard InChI is InChI=1S/C26H32N4O5/c1-17-14-30(18(2)16-31)26(34)22-11-20(9-8-19(3)32)13-28-25(22)35-23(17)15-29(4)24(33)12-21-7-5-6-10-27-21/h5-7,10-11,13,17-19,23,31-32H,12,14-16H2,1-4H3/t17-,18-,19+,23-/m1/s1. The number of ether oxygens (including phenoxy) is 1. The van der Waals surface area contributed by atoms with E-state index in [0.717, 1.165) is 0 Å². The Bertz CT molecular complexity index is 1100. The number of hydrogen-bond acceptors (Lipinski definition) is 7. The minimum absolute atomic E-state index is 0.102. The Hall–Kier alpha value is -3.48. The van der Waals surface area contributed by atoms with Gasteiger partial charge in [0.05, 0.1) is 25.6 Å². The van der Waals surface area contributed by atoms with Crippen molar-refractivity contribution in [2.45, 2.75) is 45.4 Å². The first-order valence-electron chi connectivity index (χ1n) is 11.6. The van der Waals surface area contributed by atoms with Gasteiger partial charge in [0, 0.05) is 43.2 Å². The largest absolute Gasteiger partial charge is 0.472 e. The molecule has 2 aromatic heterocycles. The molecule has 0 radical (unpaired) electrons. The monoisotopic (exact) mass is 480 g/mol. The van der Waals surface area contributed by atoms with Gasteiger partial charge < -0.3 is 24.7 Å². The molecular formula is C26H32N4O5. The Labute approximate surface area is 205 Å². The molecule has 2 N–H and O–H groups in total. The van der Waals surface area contributed by atoms with Crippen molar-refractivity contribution in [3.8, 4) is 17.7 Å². The van der Waals surface area contributed by atoms with Gasteiger partial charge in [-0.2, -0.15) is 0 Å². The molecule has 3 rings (SSSR count). The molecular weight excluding hydrogens is 448 g/mol. The first kappa shape index (κ1) is 26.1. The number of likely N-dealkylation sites (N-methyl/N-ethyl adjacent to an activating group) is 1. The SMILES string of the molecule is C[C@H](O)C#Cc1cnc2c(c1)C(=O)N([C@H](C)CO)C[C@@H](C)[C@@H](CN(C)C(=O)Cc1ccccn1)O2. The van der Waals surface area contributed by atoms with Gasteiger partial charge >= 0.3 is 0 Å². The van der Waals surface area contributed by atoms with Crippen LogP contribution in [-0.2, 0) is 11.2 Å². The lowest BCUT2D eigenvalue weighted by molar-refractivity contribution is -0.130. The molecule has 0 saturated carbocycles. The number of aromatic nitrogens is 2. The topological polar surface area (TPSA) is 116 Å². The van der Waals surface area contributed by atoms with Crippen molar-refractivity contribution in [1.82, 2.24) is 19.8 Å². The van der Waals surface area contributed by atoms with Gasteiger partial charge in [0.15, 0.2) is 0 Å². The molecule has 1 aliphatic heterocycles. The highest BCUT2D eigenvalue weighted by Crippen LogP contribution is 2.27. The van der Waals surface area contributed by atoms with Gasteiger partial charge in [0.1, 0.15) is 17.8 Å². The van der Waals surface area contributed by atoms with E-state index in [4.69, 9.17) is 4.74 Å². The van der Waals surface area contributed by atoms with E-state index in [1.807, 2.05) is 13.0 Å². The van der Waals surface area contributed by atoms with Gasteiger partial charge in [-0.3, -0.25) is 14.6 Å². The van der Waals surface area contributed by atoms with Crippen LogP contribution in [0.5, 0.6) is 5.88 Å². The predicted molar refractivity (Wildman–Crippen MR) is 130 cm³/mol. The normalized spacial score (nSPS) is 19.3. The van der Waals surface area contributed by atoms with Gasteiger partial charge in [0.25, 0.3) is 5.91 Å². The maximum absolute atomic E-state index is 13.4. The number of carbonyl (C=O) groups excluding carboxylic acids is 2. The Morgan fingerprint density at radius 3 is 2.77 bits per heavy atom. The third-order valence-corrected chi connectivity index (χ3v) is 5.88. The third kappa shape index (κ3) is 6.78. The lowest BCUT2D eigenvalue weighted by Gasteiger charge is -2.37. The van der Waals surface area contributed by atoms with Crippen LogP contribution in [0.4, 0.5) is 0 Å². The second kappa shape index (κ2) is 11.8. The fraction of sp³-hybridized carbons (Fsp3) is 0.462. The lowest BCUT2D eigenvalue weighted by Crippen LogP contribution is -2.50. The Morgan fingerprint density at radius 2 is 2.11 bits per heavy atom. The summed E-state index contributed by atoms with van der Waals surface area (Å²) in [6.45, 7) is 5.68. The van der Waals surface area contributed by atoms with Gasteiger partial charge in [-0.05, 0) is 32.0 Å². The summed E-state index contributed by atoms with van der Waals surface area (Å²) in [5.74, 6) is 5.02.